The summed E-state index contributed by atoms with van der Waals surface area (Å²) in [6.07, 6.45) is 14.6. The number of carbonyl (C=O) groups is 1. The van der Waals surface area contributed by atoms with Gasteiger partial charge in [0.15, 0.2) is 0 Å². The number of methoxy groups -OCH3 is 1. The SMILES string of the molecule is [C-]#[N+]C(=Cc1ccc(OCCCCCCCCCCCC)cc1)C(=O)OC. The third-order valence-electron chi connectivity index (χ3n) is 4.47. The average molecular weight is 372 g/mol. The smallest absolute Gasteiger partial charge is 0.336 e. The Morgan fingerprint density at radius 3 is 2.04 bits per heavy atom. The van der Waals surface area contributed by atoms with Crippen molar-refractivity contribution in [3.05, 3.63) is 46.9 Å². The number of nitrogens with zero attached hydrogens (tertiary/aromatic N) is 1. The van der Waals surface area contributed by atoms with E-state index in [0.717, 1.165) is 24.3 Å². The van der Waals surface area contributed by atoms with Crippen LogP contribution in [0.15, 0.2) is 30.0 Å². The lowest BCUT2D eigenvalue weighted by atomic mass is 10.1. The standard InChI is InChI=1S/C23H33NO3/c1-4-5-6-7-8-9-10-11-12-13-18-27-21-16-14-20(15-17-21)19-22(24-2)23(25)26-3/h14-17,19H,4-13,18H2,1,3H3. The van der Waals surface area contributed by atoms with Gasteiger partial charge in [0.25, 0.3) is 5.70 Å². The van der Waals surface area contributed by atoms with Gasteiger partial charge in [-0.25, -0.2) is 4.85 Å². The van der Waals surface area contributed by atoms with Crippen molar-refractivity contribution >= 4 is 12.0 Å². The van der Waals surface area contributed by atoms with Crippen LogP contribution >= 0.6 is 0 Å². The lowest BCUT2D eigenvalue weighted by Gasteiger charge is -2.07. The molecule has 0 atom stereocenters. The molecule has 0 aromatic heterocycles. The number of carbonyl (C=O) groups excluding carboxylic acids is 1. The highest BCUT2D eigenvalue weighted by Crippen LogP contribution is 2.16. The van der Waals surface area contributed by atoms with Crippen molar-refractivity contribution in [3.8, 4) is 5.75 Å². The monoisotopic (exact) mass is 371 g/mol. The van der Waals surface area contributed by atoms with Gasteiger partial charge in [-0.05, 0) is 30.2 Å². The second-order valence-corrected chi connectivity index (χ2v) is 6.73. The third-order valence-corrected chi connectivity index (χ3v) is 4.47. The van der Waals surface area contributed by atoms with E-state index in [4.69, 9.17) is 11.3 Å². The summed E-state index contributed by atoms with van der Waals surface area (Å²) in [7, 11) is 1.27. The summed E-state index contributed by atoms with van der Waals surface area (Å²) in [5.74, 6) is 0.191. The maximum atomic E-state index is 11.4. The van der Waals surface area contributed by atoms with E-state index in [9.17, 15) is 4.79 Å². The molecular formula is C23H33NO3. The van der Waals surface area contributed by atoms with Gasteiger partial charge in [-0.2, -0.15) is 0 Å². The molecule has 0 fully saturated rings. The van der Waals surface area contributed by atoms with Gasteiger partial charge in [0.1, 0.15) is 5.75 Å². The predicted molar refractivity (Wildman–Crippen MR) is 110 cm³/mol. The van der Waals surface area contributed by atoms with Gasteiger partial charge in [0.2, 0.25) is 0 Å². The molecule has 4 nitrogen and oxygen atoms in total. The molecule has 0 aliphatic rings. The molecule has 1 aromatic rings. The highest BCUT2D eigenvalue weighted by Gasteiger charge is 2.09. The van der Waals surface area contributed by atoms with Gasteiger partial charge in [0, 0.05) is 0 Å². The van der Waals surface area contributed by atoms with Crippen molar-refractivity contribution in [3.63, 3.8) is 0 Å². The van der Waals surface area contributed by atoms with E-state index < -0.39 is 5.97 Å². The van der Waals surface area contributed by atoms with Crippen LogP contribution in [0.5, 0.6) is 5.75 Å². The molecule has 0 amide bonds. The van der Waals surface area contributed by atoms with Crippen molar-refractivity contribution in [2.24, 2.45) is 0 Å². The van der Waals surface area contributed by atoms with Crippen LogP contribution in [-0.2, 0) is 9.53 Å². The lowest BCUT2D eigenvalue weighted by Crippen LogP contribution is -2.01. The van der Waals surface area contributed by atoms with Gasteiger partial charge in [-0.15, -0.1) is 0 Å². The zero-order valence-corrected chi connectivity index (χ0v) is 16.8. The van der Waals surface area contributed by atoms with Crippen LogP contribution in [0.4, 0.5) is 0 Å². The number of benzene rings is 1. The van der Waals surface area contributed by atoms with Gasteiger partial charge in [-0.3, -0.25) is 4.79 Å². The van der Waals surface area contributed by atoms with Crippen LogP contribution < -0.4 is 4.74 Å². The molecule has 1 rings (SSSR count). The highest BCUT2D eigenvalue weighted by atomic mass is 16.5. The van der Waals surface area contributed by atoms with Crippen molar-refractivity contribution in [1.82, 2.24) is 0 Å². The fourth-order valence-corrected chi connectivity index (χ4v) is 2.84. The van der Waals surface area contributed by atoms with Gasteiger partial charge in [-0.1, -0.05) is 76.8 Å². The van der Waals surface area contributed by atoms with E-state index in [1.165, 1.54) is 71.0 Å². The Morgan fingerprint density at radius 2 is 1.52 bits per heavy atom. The number of hydrogen-bond donors (Lipinski definition) is 0. The molecule has 27 heavy (non-hydrogen) atoms. The number of ether oxygens (including phenoxy) is 2. The minimum Gasteiger partial charge on any atom is -0.494 e. The van der Waals surface area contributed by atoms with Crippen LogP contribution in [0.3, 0.4) is 0 Å². The molecule has 0 heterocycles. The van der Waals surface area contributed by atoms with Gasteiger partial charge < -0.3 is 9.47 Å². The maximum Gasteiger partial charge on any atom is 0.336 e. The first kappa shape index (κ1) is 22.8. The molecular weight excluding hydrogens is 338 g/mol. The van der Waals surface area contributed by atoms with Crippen molar-refractivity contribution < 1.29 is 14.3 Å². The van der Waals surface area contributed by atoms with Crippen molar-refractivity contribution in [2.75, 3.05) is 13.7 Å². The Balaban J connectivity index is 2.17. The molecule has 4 heteroatoms. The van der Waals surface area contributed by atoms with E-state index in [1.54, 1.807) is 0 Å². The maximum absolute atomic E-state index is 11.4. The summed E-state index contributed by atoms with van der Waals surface area (Å²) in [5, 5.41) is 0. The van der Waals surface area contributed by atoms with Crippen molar-refractivity contribution in [1.29, 1.82) is 0 Å². The third kappa shape index (κ3) is 10.5. The molecule has 0 N–H and O–H groups in total. The number of rotatable bonds is 14. The van der Waals surface area contributed by atoms with E-state index in [1.807, 2.05) is 24.3 Å². The summed E-state index contributed by atoms with van der Waals surface area (Å²) in [4.78, 5) is 14.6. The Morgan fingerprint density at radius 1 is 0.963 bits per heavy atom. The summed E-state index contributed by atoms with van der Waals surface area (Å²) in [5.41, 5.74) is 0.745. The first-order valence-electron chi connectivity index (χ1n) is 10.1. The Bertz CT molecular complexity index is 599. The van der Waals surface area contributed by atoms with E-state index in [-0.39, 0.29) is 5.70 Å². The molecule has 0 unspecified atom stereocenters. The predicted octanol–water partition coefficient (Wildman–Crippen LogP) is 6.42. The highest BCUT2D eigenvalue weighted by molar-refractivity contribution is 5.95. The van der Waals surface area contributed by atoms with Crippen LogP contribution in [0.25, 0.3) is 10.9 Å². The fourth-order valence-electron chi connectivity index (χ4n) is 2.84. The molecule has 0 radical (unpaired) electrons. The minimum atomic E-state index is -0.619. The number of unbranched alkanes of at least 4 members (excludes halogenated alkanes) is 9. The first-order valence-corrected chi connectivity index (χ1v) is 10.1. The van der Waals surface area contributed by atoms with E-state index >= 15 is 0 Å². The van der Waals surface area contributed by atoms with Crippen LogP contribution in [-0.4, -0.2) is 19.7 Å². The van der Waals surface area contributed by atoms with E-state index in [2.05, 4.69) is 16.5 Å². The van der Waals surface area contributed by atoms with Crippen LogP contribution in [0.1, 0.15) is 76.7 Å². The summed E-state index contributed by atoms with van der Waals surface area (Å²) in [6, 6.07) is 7.39. The molecule has 0 aliphatic heterocycles. The molecule has 148 valence electrons. The Hall–Kier alpha value is -2.28. The van der Waals surface area contributed by atoms with Crippen LogP contribution in [0.2, 0.25) is 0 Å². The Labute approximate surface area is 164 Å². The normalized spacial score (nSPS) is 11.1. The lowest BCUT2D eigenvalue weighted by molar-refractivity contribution is -0.135. The summed E-state index contributed by atoms with van der Waals surface area (Å²) in [6.45, 7) is 10.0. The topological polar surface area (TPSA) is 39.9 Å². The molecule has 0 bridgehead atoms. The first-order chi connectivity index (χ1) is 13.2. The summed E-state index contributed by atoms with van der Waals surface area (Å²) < 4.78 is 10.3. The molecule has 0 spiro atoms. The molecule has 0 aliphatic carbocycles. The fraction of sp³-hybridized carbons (Fsp3) is 0.565. The minimum absolute atomic E-state index is 0.0310. The second kappa shape index (κ2) is 14.8. The van der Waals surface area contributed by atoms with Crippen LogP contribution in [0, 0.1) is 6.57 Å². The van der Waals surface area contributed by atoms with Gasteiger partial charge in [0.05, 0.1) is 20.3 Å². The zero-order chi connectivity index (χ0) is 19.7. The Kier molecular flexibility index (Phi) is 12.5. The average Bonchev–Trinajstić information content (AvgIpc) is 2.70. The quantitative estimate of drug-likeness (QED) is 0.164. The van der Waals surface area contributed by atoms with Gasteiger partial charge >= 0.3 is 5.97 Å². The second-order valence-electron chi connectivity index (χ2n) is 6.73. The van der Waals surface area contributed by atoms with Crippen molar-refractivity contribution in [2.45, 2.75) is 71.1 Å². The summed E-state index contributed by atoms with van der Waals surface area (Å²) >= 11 is 0. The largest absolute Gasteiger partial charge is 0.494 e. The zero-order valence-electron chi connectivity index (χ0n) is 16.8. The molecule has 0 saturated heterocycles. The molecule has 1 aromatic carbocycles. The van der Waals surface area contributed by atoms with E-state index in [0.29, 0.717) is 0 Å². The number of esters is 1. The molecule has 0 saturated carbocycles. The number of hydrogen-bond acceptors (Lipinski definition) is 3.